The van der Waals surface area contributed by atoms with Gasteiger partial charge < -0.3 is 9.64 Å². The first-order valence-corrected chi connectivity index (χ1v) is 8.93. The maximum Gasteiger partial charge on any atom is 0.339 e. The molecule has 0 aliphatic carbocycles. The highest BCUT2D eigenvalue weighted by atomic mass is 35.5. The Hall–Kier alpha value is -2.11. The number of amides is 1. The summed E-state index contributed by atoms with van der Waals surface area (Å²) in [4.78, 5) is 26.5. The van der Waals surface area contributed by atoms with Crippen molar-refractivity contribution in [1.82, 2.24) is 4.90 Å². The average Bonchev–Trinajstić information content (AvgIpc) is 2.89. The molecule has 0 bridgehead atoms. The number of rotatable bonds is 1. The zero-order chi connectivity index (χ0) is 18.5. The molecule has 0 unspecified atom stereocenters. The number of hydrogen-bond donors (Lipinski definition) is 0. The van der Waals surface area contributed by atoms with Crippen LogP contribution < -0.4 is 0 Å². The fourth-order valence-corrected chi connectivity index (χ4v) is 3.92. The van der Waals surface area contributed by atoms with E-state index in [1.54, 1.807) is 29.2 Å². The summed E-state index contributed by atoms with van der Waals surface area (Å²) >= 11 is 11.9. The second-order valence-electron chi connectivity index (χ2n) is 6.49. The minimum atomic E-state index is -0.783. The summed E-state index contributed by atoms with van der Waals surface area (Å²) in [7, 11) is 0. The van der Waals surface area contributed by atoms with Crippen LogP contribution in [0.4, 0.5) is 4.39 Å². The highest BCUT2D eigenvalue weighted by Gasteiger charge is 2.48. The lowest BCUT2D eigenvalue weighted by molar-refractivity contribution is -0.0389. The van der Waals surface area contributed by atoms with Gasteiger partial charge in [-0.1, -0.05) is 29.3 Å². The van der Waals surface area contributed by atoms with Gasteiger partial charge in [-0.25, -0.2) is 9.18 Å². The van der Waals surface area contributed by atoms with Gasteiger partial charge in [0.1, 0.15) is 11.4 Å². The highest BCUT2D eigenvalue weighted by molar-refractivity contribution is 6.42. The second-order valence-corrected chi connectivity index (χ2v) is 7.31. The Bertz CT molecular complexity index is 923. The smallest absolute Gasteiger partial charge is 0.339 e. The average molecular weight is 394 g/mol. The van der Waals surface area contributed by atoms with Gasteiger partial charge in [-0.2, -0.15) is 0 Å². The van der Waals surface area contributed by atoms with E-state index in [4.69, 9.17) is 27.9 Å². The molecule has 4 nitrogen and oxygen atoms in total. The summed E-state index contributed by atoms with van der Waals surface area (Å²) in [5.74, 6) is -1.13. The third-order valence-electron chi connectivity index (χ3n) is 5.01. The molecule has 1 fully saturated rings. The van der Waals surface area contributed by atoms with E-state index >= 15 is 0 Å². The maximum atomic E-state index is 13.4. The Balaban J connectivity index is 1.54. The lowest BCUT2D eigenvalue weighted by Crippen LogP contribution is -2.45. The van der Waals surface area contributed by atoms with E-state index in [2.05, 4.69) is 0 Å². The first-order valence-electron chi connectivity index (χ1n) is 8.17. The van der Waals surface area contributed by atoms with E-state index in [-0.39, 0.29) is 11.5 Å². The number of halogens is 3. The van der Waals surface area contributed by atoms with Crippen molar-refractivity contribution in [3.05, 3.63) is 69.0 Å². The van der Waals surface area contributed by atoms with Crippen molar-refractivity contribution in [2.24, 2.45) is 0 Å². The lowest BCUT2D eigenvalue weighted by Gasteiger charge is -2.38. The third kappa shape index (κ3) is 2.75. The lowest BCUT2D eigenvalue weighted by atomic mass is 9.83. The Morgan fingerprint density at radius 3 is 2.50 bits per heavy atom. The molecule has 1 saturated heterocycles. The molecular weight excluding hydrogens is 380 g/mol. The monoisotopic (exact) mass is 393 g/mol. The zero-order valence-corrected chi connectivity index (χ0v) is 15.1. The number of carbonyl (C=O) groups is 2. The van der Waals surface area contributed by atoms with E-state index in [9.17, 15) is 14.0 Å². The summed E-state index contributed by atoms with van der Waals surface area (Å²) in [6.45, 7) is 0.840. The molecule has 2 aromatic rings. The second kappa shape index (κ2) is 6.25. The van der Waals surface area contributed by atoms with Gasteiger partial charge in [-0.15, -0.1) is 0 Å². The number of esters is 1. The molecule has 134 valence electrons. The van der Waals surface area contributed by atoms with E-state index in [1.807, 2.05) is 0 Å². The molecule has 0 aromatic heterocycles. The molecule has 2 aliphatic rings. The van der Waals surface area contributed by atoms with Crippen molar-refractivity contribution in [3.8, 4) is 0 Å². The molecule has 2 aliphatic heterocycles. The molecule has 0 radical (unpaired) electrons. The molecule has 0 N–H and O–H groups in total. The van der Waals surface area contributed by atoms with Crippen LogP contribution in [-0.4, -0.2) is 29.9 Å². The maximum absolute atomic E-state index is 13.4. The summed E-state index contributed by atoms with van der Waals surface area (Å²) in [6.07, 6.45) is 0.925. The number of nitrogens with zero attached hydrogens (tertiary/aromatic N) is 1. The van der Waals surface area contributed by atoms with Gasteiger partial charge in [0.2, 0.25) is 0 Å². The number of fused-ring (bicyclic) bond motifs is 2. The van der Waals surface area contributed by atoms with Crippen molar-refractivity contribution in [1.29, 1.82) is 0 Å². The van der Waals surface area contributed by atoms with E-state index < -0.39 is 17.4 Å². The Morgan fingerprint density at radius 1 is 1.08 bits per heavy atom. The molecule has 4 rings (SSSR count). The summed E-state index contributed by atoms with van der Waals surface area (Å²) in [5, 5.41) is 0.717. The molecule has 1 amide bonds. The summed E-state index contributed by atoms with van der Waals surface area (Å²) in [6, 6.07) is 8.91. The third-order valence-corrected chi connectivity index (χ3v) is 5.74. The highest BCUT2D eigenvalue weighted by Crippen LogP contribution is 2.44. The van der Waals surface area contributed by atoms with Gasteiger partial charge in [0, 0.05) is 37.1 Å². The van der Waals surface area contributed by atoms with E-state index in [1.165, 1.54) is 12.1 Å². The van der Waals surface area contributed by atoms with Gasteiger partial charge in [0.05, 0.1) is 15.6 Å². The van der Waals surface area contributed by atoms with Crippen molar-refractivity contribution >= 4 is 35.1 Å². The van der Waals surface area contributed by atoms with Gasteiger partial charge in [-0.05, 0) is 30.3 Å². The molecule has 0 atom stereocenters. The minimum Gasteiger partial charge on any atom is -0.450 e. The number of carbonyl (C=O) groups excluding carboxylic acids is 2. The van der Waals surface area contributed by atoms with Crippen molar-refractivity contribution in [2.75, 3.05) is 13.1 Å². The molecule has 7 heteroatoms. The fourth-order valence-electron chi connectivity index (χ4n) is 3.62. The van der Waals surface area contributed by atoms with Crippen LogP contribution in [0.15, 0.2) is 36.4 Å². The molecule has 2 aromatic carbocycles. The van der Waals surface area contributed by atoms with Crippen LogP contribution >= 0.6 is 23.2 Å². The molecule has 0 saturated carbocycles. The normalized spacial score (nSPS) is 18.0. The largest absolute Gasteiger partial charge is 0.450 e. The predicted molar refractivity (Wildman–Crippen MR) is 95.1 cm³/mol. The topological polar surface area (TPSA) is 46.6 Å². The SMILES string of the molecule is O=C1OC2(CCN(C(=O)c3ccc(Cl)c(Cl)c3)CC2)c2ccc(F)cc21. The number of benzene rings is 2. The van der Waals surface area contributed by atoms with Crippen LogP contribution in [0.25, 0.3) is 0 Å². The first-order chi connectivity index (χ1) is 12.4. The quantitative estimate of drug-likeness (QED) is 0.673. The zero-order valence-electron chi connectivity index (χ0n) is 13.6. The standard InChI is InChI=1S/C19H14Cl2FNO3/c20-15-4-1-11(9-16(15)21)17(24)23-7-5-19(6-8-23)14-3-2-12(22)10-13(14)18(25)26-19/h1-4,9-10H,5-8H2. The van der Waals surface area contributed by atoms with Crippen LogP contribution in [0.1, 0.15) is 39.1 Å². The Labute approximate surface area is 159 Å². The molecule has 26 heavy (non-hydrogen) atoms. The van der Waals surface area contributed by atoms with Gasteiger partial charge in [0.15, 0.2) is 0 Å². The van der Waals surface area contributed by atoms with E-state index in [0.717, 1.165) is 0 Å². The number of hydrogen-bond acceptors (Lipinski definition) is 3. The van der Waals surface area contributed by atoms with Gasteiger partial charge in [-0.3, -0.25) is 4.79 Å². The molecule has 1 spiro atoms. The summed E-state index contributed by atoms with van der Waals surface area (Å²) in [5.41, 5.74) is 0.648. The van der Waals surface area contributed by atoms with Crippen molar-refractivity contribution in [2.45, 2.75) is 18.4 Å². The number of piperidine rings is 1. The van der Waals surface area contributed by atoms with Crippen LogP contribution in [0.2, 0.25) is 10.0 Å². The van der Waals surface area contributed by atoms with Gasteiger partial charge >= 0.3 is 5.97 Å². The van der Waals surface area contributed by atoms with Crippen LogP contribution in [0, 0.1) is 5.82 Å². The van der Waals surface area contributed by atoms with Gasteiger partial charge in [0.25, 0.3) is 5.91 Å². The van der Waals surface area contributed by atoms with Crippen LogP contribution in [-0.2, 0) is 10.3 Å². The predicted octanol–water partition coefficient (Wildman–Crippen LogP) is 4.43. The number of likely N-dealkylation sites (tertiary alicyclic amines) is 1. The fraction of sp³-hybridized carbons (Fsp3) is 0.263. The minimum absolute atomic E-state index is 0.151. The van der Waals surface area contributed by atoms with Crippen LogP contribution in [0.3, 0.4) is 0 Å². The molecular formula is C19H14Cl2FNO3. The van der Waals surface area contributed by atoms with Crippen molar-refractivity contribution < 1.29 is 18.7 Å². The first kappa shape index (κ1) is 17.3. The van der Waals surface area contributed by atoms with Crippen LogP contribution in [0.5, 0.6) is 0 Å². The number of ether oxygens (including phenoxy) is 1. The Kier molecular flexibility index (Phi) is 4.16. The van der Waals surface area contributed by atoms with E-state index in [0.29, 0.717) is 47.1 Å². The Morgan fingerprint density at radius 2 is 1.81 bits per heavy atom. The molecule has 2 heterocycles. The summed E-state index contributed by atoms with van der Waals surface area (Å²) < 4.78 is 19.0. The van der Waals surface area contributed by atoms with Crippen molar-refractivity contribution in [3.63, 3.8) is 0 Å².